The summed E-state index contributed by atoms with van der Waals surface area (Å²) in [4.78, 5) is 26.9. The van der Waals surface area contributed by atoms with Crippen molar-refractivity contribution in [3.8, 4) is 11.4 Å². The molecule has 0 radical (unpaired) electrons. The summed E-state index contributed by atoms with van der Waals surface area (Å²) in [6.45, 7) is 4.34. The first kappa shape index (κ1) is 19.6. The van der Waals surface area contributed by atoms with E-state index in [2.05, 4.69) is 20.6 Å². The van der Waals surface area contributed by atoms with Crippen molar-refractivity contribution in [3.05, 3.63) is 52.8 Å². The molecule has 3 N–H and O–H groups in total. The van der Waals surface area contributed by atoms with Crippen molar-refractivity contribution >= 4 is 50.0 Å². The zero-order valence-corrected chi connectivity index (χ0v) is 18.0. The summed E-state index contributed by atoms with van der Waals surface area (Å²) < 4.78 is 1.05. The number of fused-ring (bicyclic) bond motifs is 5. The van der Waals surface area contributed by atoms with Crippen molar-refractivity contribution in [2.45, 2.75) is 26.5 Å². The van der Waals surface area contributed by atoms with Crippen molar-refractivity contribution in [1.82, 2.24) is 20.3 Å². The van der Waals surface area contributed by atoms with Gasteiger partial charge in [-0.25, -0.2) is 15.0 Å². The van der Waals surface area contributed by atoms with Crippen molar-refractivity contribution in [3.63, 3.8) is 0 Å². The Hall–Kier alpha value is -3.36. The molecule has 0 fully saturated rings. The van der Waals surface area contributed by atoms with E-state index in [0.717, 1.165) is 32.4 Å². The number of rotatable bonds is 3. The van der Waals surface area contributed by atoms with Gasteiger partial charge in [0.1, 0.15) is 11.5 Å². The summed E-state index contributed by atoms with van der Waals surface area (Å²) in [5, 5.41) is 18.0. The van der Waals surface area contributed by atoms with E-state index in [1.165, 1.54) is 11.3 Å². The van der Waals surface area contributed by atoms with Crippen molar-refractivity contribution in [2.75, 3.05) is 11.9 Å². The standard InChI is InChI=1S/C23H21N5O2S/c1-3-4-13-9-17(28-19(11-29)26-13)16-6-5-14-15(27-16)7-8-18-20(14)21-22(31-18)23(30)25-12(2)10-24-21/h3-9,12,24,29H,10-11H2,1-2H3,(H,25,30)/t12-/m1/s1. The molecule has 0 bridgehead atoms. The Morgan fingerprint density at radius 2 is 2.06 bits per heavy atom. The highest BCUT2D eigenvalue weighted by molar-refractivity contribution is 7.21. The van der Waals surface area contributed by atoms with Gasteiger partial charge in [0, 0.05) is 28.1 Å². The lowest BCUT2D eigenvalue weighted by atomic mass is 10.1. The van der Waals surface area contributed by atoms with Gasteiger partial charge in [0.25, 0.3) is 5.91 Å². The minimum absolute atomic E-state index is 0.0412. The molecule has 0 aliphatic carbocycles. The molecule has 1 aliphatic rings. The maximum atomic E-state index is 12.6. The van der Waals surface area contributed by atoms with E-state index < -0.39 is 0 Å². The average molecular weight is 432 g/mol. The fraction of sp³-hybridized carbons (Fsp3) is 0.217. The highest BCUT2D eigenvalue weighted by Crippen LogP contribution is 2.41. The van der Waals surface area contributed by atoms with E-state index in [0.29, 0.717) is 28.6 Å². The number of aliphatic hydroxyl groups excluding tert-OH is 1. The normalized spacial score (nSPS) is 16.4. The van der Waals surface area contributed by atoms with Gasteiger partial charge in [-0.2, -0.15) is 0 Å². The Kier molecular flexibility index (Phi) is 4.88. The molecule has 156 valence electrons. The molecule has 1 aliphatic heterocycles. The number of pyridine rings is 1. The Labute approximate surface area is 182 Å². The largest absolute Gasteiger partial charge is 0.388 e. The minimum Gasteiger partial charge on any atom is -0.388 e. The van der Waals surface area contributed by atoms with Crippen LogP contribution in [-0.4, -0.2) is 38.6 Å². The Morgan fingerprint density at radius 3 is 2.87 bits per heavy atom. The number of aromatic nitrogens is 3. The summed E-state index contributed by atoms with van der Waals surface area (Å²) in [5.41, 5.74) is 3.78. The number of thiophene rings is 1. The topological polar surface area (TPSA) is 100 Å². The second-order valence-corrected chi connectivity index (χ2v) is 8.57. The molecule has 1 atom stereocenters. The minimum atomic E-state index is -0.236. The van der Waals surface area contributed by atoms with Gasteiger partial charge in [0.2, 0.25) is 0 Å². The SMILES string of the molecule is CC=Cc1cc(-c2ccc3c(ccc4sc5c(c43)NC[C@@H](C)NC5=O)n2)nc(CO)n1. The maximum Gasteiger partial charge on any atom is 0.263 e. The lowest BCUT2D eigenvalue weighted by Crippen LogP contribution is -2.34. The van der Waals surface area contributed by atoms with Gasteiger partial charge in [-0.3, -0.25) is 4.79 Å². The fourth-order valence-electron chi connectivity index (χ4n) is 3.84. The van der Waals surface area contributed by atoms with Gasteiger partial charge in [-0.05, 0) is 50.3 Å². The van der Waals surface area contributed by atoms with Gasteiger partial charge < -0.3 is 15.7 Å². The quantitative estimate of drug-likeness (QED) is 0.454. The van der Waals surface area contributed by atoms with Crippen LogP contribution in [0.15, 0.2) is 36.4 Å². The predicted octanol–water partition coefficient (Wildman–Crippen LogP) is 3.98. The summed E-state index contributed by atoms with van der Waals surface area (Å²) in [6, 6.07) is 9.85. The summed E-state index contributed by atoms with van der Waals surface area (Å²) in [7, 11) is 0. The van der Waals surface area contributed by atoms with Crippen LogP contribution in [0.3, 0.4) is 0 Å². The van der Waals surface area contributed by atoms with Crippen molar-refractivity contribution in [1.29, 1.82) is 0 Å². The maximum absolute atomic E-state index is 12.6. The third-order valence-electron chi connectivity index (χ3n) is 5.22. The van der Waals surface area contributed by atoms with E-state index >= 15 is 0 Å². The third-order valence-corrected chi connectivity index (χ3v) is 6.38. The van der Waals surface area contributed by atoms with Crippen LogP contribution in [-0.2, 0) is 6.61 Å². The van der Waals surface area contributed by atoms with E-state index in [9.17, 15) is 9.90 Å². The van der Waals surface area contributed by atoms with Crippen LogP contribution in [0.1, 0.15) is 35.0 Å². The number of nitrogens with one attached hydrogen (secondary N) is 2. The summed E-state index contributed by atoms with van der Waals surface area (Å²) in [5.74, 6) is 0.316. The number of carbonyl (C=O) groups is 1. The van der Waals surface area contributed by atoms with Gasteiger partial charge in [0.15, 0.2) is 5.82 Å². The number of hydrogen-bond acceptors (Lipinski definition) is 7. The molecule has 4 heterocycles. The second-order valence-electron chi connectivity index (χ2n) is 7.52. The van der Waals surface area contributed by atoms with Crippen LogP contribution in [0.4, 0.5) is 5.69 Å². The molecule has 1 aromatic carbocycles. The number of nitrogens with zero attached hydrogens (tertiary/aromatic N) is 3. The Balaban J connectivity index is 1.68. The van der Waals surface area contributed by atoms with E-state index in [-0.39, 0.29) is 18.6 Å². The number of aliphatic hydroxyl groups is 1. The van der Waals surface area contributed by atoms with Crippen LogP contribution in [0.2, 0.25) is 0 Å². The Bertz CT molecular complexity index is 1360. The number of allylic oxidation sites excluding steroid dienone is 1. The van der Waals surface area contributed by atoms with Gasteiger partial charge in [0.05, 0.1) is 28.3 Å². The molecular weight excluding hydrogens is 410 g/mol. The second kappa shape index (κ2) is 7.72. The highest BCUT2D eigenvalue weighted by atomic mass is 32.1. The molecule has 4 aromatic rings. The molecular formula is C23H21N5O2S. The van der Waals surface area contributed by atoms with E-state index in [1.807, 2.05) is 56.3 Å². The Morgan fingerprint density at radius 1 is 1.19 bits per heavy atom. The van der Waals surface area contributed by atoms with E-state index in [1.54, 1.807) is 0 Å². The average Bonchev–Trinajstić information content (AvgIpc) is 3.10. The smallest absolute Gasteiger partial charge is 0.263 e. The molecule has 31 heavy (non-hydrogen) atoms. The number of anilines is 1. The molecule has 8 heteroatoms. The first-order valence-corrected chi connectivity index (χ1v) is 10.9. The number of benzene rings is 1. The van der Waals surface area contributed by atoms with Gasteiger partial charge in [-0.1, -0.05) is 6.08 Å². The number of amides is 1. The van der Waals surface area contributed by atoms with Gasteiger partial charge >= 0.3 is 0 Å². The monoisotopic (exact) mass is 431 g/mol. The molecule has 7 nitrogen and oxygen atoms in total. The number of hydrogen-bond donors (Lipinski definition) is 3. The van der Waals surface area contributed by atoms with E-state index in [4.69, 9.17) is 4.98 Å². The van der Waals surface area contributed by atoms with Crippen molar-refractivity contribution < 1.29 is 9.90 Å². The molecule has 0 saturated carbocycles. The first-order valence-electron chi connectivity index (χ1n) is 10.1. The highest BCUT2D eigenvalue weighted by Gasteiger charge is 2.24. The fourth-order valence-corrected chi connectivity index (χ4v) is 4.94. The molecule has 5 rings (SSSR count). The first-order chi connectivity index (χ1) is 15.1. The van der Waals surface area contributed by atoms with Crippen LogP contribution >= 0.6 is 11.3 Å². The molecule has 3 aromatic heterocycles. The number of carbonyl (C=O) groups excluding carboxylic acids is 1. The van der Waals surface area contributed by atoms with Crippen LogP contribution < -0.4 is 10.6 Å². The predicted molar refractivity (Wildman–Crippen MR) is 124 cm³/mol. The van der Waals surface area contributed by atoms with Gasteiger partial charge in [-0.15, -0.1) is 11.3 Å². The lowest BCUT2D eigenvalue weighted by molar-refractivity contribution is 0.0949. The molecule has 0 spiro atoms. The zero-order chi connectivity index (χ0) is 21.5. The van der Waals surface area contributed by atoms with Crippen LogP contribution in [0.25, 0.3) is 38.5 Å². The lowest BCUT2D eigenvalue weighted by Gasteiger charge is -2.10. The van der Waals surface area contributed by atoms with Crippen LogP contribution in [0, 0.1) is 0 Å². The molecule has 1 amide bonds. The summed E-state index contributed by atoms with van der Waals surface area (Å²) >= 11 is 1.49. The third kappa shape index (κ3) is 3.43. The summed E-state index contributed by atoms with van der Waals surface area (Å²) in [6.07, 6.45) is 3.76. The van der Waals surface area contributed by atoms with Crippen molar-refractivity contribution in [2.24, 2.45) is 0 Å². The van der Waals surface area contributed by atoms with Crippen LogP contribution in [0.5, 0.6) is 0 Å². The molecule has 0 unspecified atom stereocenters. The molecule has 0 saturated heterocycles. The zero-order valence-electron chi connectivity index (χ0n) is 17.1.